The molecule has 0 aliphatic rings. The van der Waals surface area contributed by atoms with E-state index in [9.17, 15) is 4.79 Å². The Balaban J connectivity index is 2.16. The Morgan fingerprint density at radius 1 is 1.56 bits per heavy atom. The maximum Gasteiger partial charge on any atom is 0.295 e. The van der Waals surface area contributed by atoms with Crippen LogP contribution >= 0.6 is 27.5 Å². The third kappa shape index (κ3) is 2.88. The minimum atomic E-state index is -0.393. The predicted octanol–water partition coefficient (Wildman–Crippen LogP) is 3.04. The van der Waals surface area contributed by atoms with Crippen LogP contribution in [-0.2, 0) is 6.42 Å². The maximum atomic E-state index is 11.9. The molecule has 2 aromatic rings. The first kappa shape index (κ1) is 13.0. The van der Waals surface area contributed by atoms with E-state index in [0.29, 0.717) is 23.0 Å². The van der Waals surface area contributed by atoms with Crippen molar-refractivity contribution in [1.82, 2.24) is 15.2 Å². The fourth-order valence-corrected chi connectivity index (χ4v) is 2.04. The maximum absolute atomic E-state index is 11.9. The molecule has 0 fully saturated rings. The lowest BCUT2D eigenvalue weighted by Gasteiger charge is -2.05. The fraction of sp³-hybridized carbons (Fsp3) is 0.182. The first-order chi connectivity index (χ1) is 8.60. The topological polar surface area (TPSA) is 70.7 Å². The van der Waals surface area contributed by atoms with Crippen molar-refractivity contribution in [3.05, 3.63) is 39.3 Å². The molecule has 1 heterocycles. The number of H-pyrrole nitrogens is 1. The molecule has 0 aliphatic carbocycles. The van der Waals surface area contributed by atoms with Crippen LogP contribution in [-0.4, -0.2) is 21.1 Å². The van der Waals surface area contributed by atoms with E-state index in [1.165, 1.54) is 0 Å². The minimum absolute atomic E-state index is 0.103. The molecule has 7 heteroatoms. The molecule has 0 atom stereocenters. The molecule has 1 aromatic heterocycles. The lowest BCUT2D eigenvalue weighted by atomic mass is 10.3. The van der Waals surface area contributed by atoms with Gasteiger partial charge in [0.15, 0.2) is 0 Å². The lowest BCUT2D eigenvalue weighted by molar-refractivity contribution is 0.101. The van der Waals surface area contributed by atoms with Gasteiger partial charge in [0.05, 0.1) is 10.7 Å². The van der Waals surface area contributed by atoms with Crippen molar-refractivity contribution in [1.29, 1.82) is 0 Å². The average molecular weight is 330 g/mol. The van der Waals surface area contributed by atoms with E-state index in [1.807, 2.05) is 6.92 Å². The SMILES string of the molecule is CCc1nc(C(=O)Nc2ccc(Br)cc2Cl)n[nH]1. The second kappa shape index (κ2) is 5.49. The molecular weight excluding hydrogens is 320 g/mol. The molecule has 94 valence electrons. The van der Waals surface area contributed by atoms with E-state index in [4.69, 9.17) is 11.6 Å². The van der Waals surface area contributed by atoms with Crippen LogP contribution in [0.4, 0.5) is 5.69 Å². The minimum Gasteiger partial charge on any atom is -0.318 e. The number of carbonyl (C=O) groups excluding carboxylic acids is 1. The third-order valence-corrected chi connectivity index (χ3v) is 3.05. The Hall–Kier alpha value is -1.40. The number of aryl methyl sites for hydroxylation is 1. The molecule has 0 saturated heterocycles. The zero-order chi connectivity index (χ0) is 13.1. The largest absolute Gasteiger partial charge is 0.318 e. The highest BCUT2D eigenvalue weighted by Gasteiger charge is 2.13. The van der Waals surface area contributed by atoms with E-state index in [0.717, 1.165) is 4.47 Å². The number of halogens is 2. The van der Waals surface area contributed by atoms with Crippen LogP contribution in [0.1, 0.15) is 23.4 Å². The molecule has 5 nitrogen and oxygen atoms in total. The van der Waals surface area contributed by atoms with Crippen molar-refractivity contribution in [2.24, 2.45) is 0 Å². The molecule has 0 aliphatic heterocycles. The van der Waals surface area contributed by atoms with Gasteiger partial charge in [0.1, 0.15) is 5.82 Å². The van der Waals surface area contributed by atoms with Gasteiger partial charge in [-0.25, -0.2) is 4.98 Å². The highest BCUT2D eigenvalue weighted by Crippen LogP contribution is 2.25. The standard InChI is InChI=1S/C11H10BrClN4O/c1-2-9-15-10(17-16-9)11(18)14-8-4-3-6(12)5-7(8)13/h3-5H,2H2,1H3,(H,14,18)(H,15,16,17). The summed E-state index contributed by atoms with van der Waals surface area (Å²) in [6, 6.07) is 5.20. The summed E-state index contributed by atoms with van der Waals surface area (Å²) in [5, 5.41) is 9.62. The fourth-order valence-electron chi connectivity index (χ4n) is 1.32. The Morgan fingerprint density at radius 2 is 2.33 bits per heavy atom. The van der Waals surface area contributed by atoms with Crippen LogP contribution in [0.15, 0.2) is 22.7 Å². The summed E-state index contributed by atoms with van der Waals surface area (Å²) in [6.45, 7) is 1.92. The van der Waals surface area contributed by atoms with Crippen LogP contribution in [0.25, 0.3) is 0 Å². The van der Waals surface area contributed by atoms with E-state index < -0.39 is 5.91 Å². The number of carbonyl (C=O) groups is 1. The molecule has 18 heavy (non-hydrogen) atoms. The zero-order valence-electron chi connectivity index (χ0n) is 9.50. The molecule has 0 radical (unpaired) electrons. The van der Waals surface area contributed by atoms with Crippen LogP contribution in [0.5, 0.6) is 0 Å². The van der Waals surface area contributed by atoms with Gasteiger partial charge in [0.2, 0.25) is 5.82 Å². The molecule has 2 N–H and O–H groups in total. The van der Waals surface area contributed by atoms with E-state index in [1.54, 1.807) is 18.2 Å². The number of hydrogen-bond acceptors (Lipinski definition) is 3. The van der Waals surface area contributed by atoms with Crippen molar-refractivity contribution in [2.75, 3.05) is 5.32 Å². The second-order valence-corrected chi connectivity index (χ2v) is 4.86. The first-order valence-corrected chi connectivity index (χ1v) is 6.45. The summed E-state index contributed by atoms with van der Waals surface area (Å²) in [7, 11) is 0. The first-order valence-electron chi connectivity index (χ1n) is 5.28. The highest BCUT2D eigenvalue weighted by molar-refractivity contribution is 9.10. The summed E-state index contributed by atoms with van der Waals surface area (Å²) in [5.74, 6) is 0.378. The molecule has 1 amide bonds. The molecule has 0 bridgehead atoms. The van der Waals surface area contributed by atoms with Crippen molar-refractivity contribution in [3.8, 4) is 0 Å². The van der Waals surface area contributed by atoms with Gasteiger partial charge in [0.25, 0.3) is 5.91 Å². The van der Waals surface area contributed by atoms with E-state index >= 15 is 0 Å². The van der Waals surface area contributed by atoms with Gasteiger partial charge in [-0.2, -0.15) is 0 Å². The number of rotatable bonds is 3. The van der Waals surface area contributed by atoms with Gasteiger partial charge in [-0.15, -0.1) is 5.10 Å². The normalized spacial score (nSPS) is 10.4. The predicted molar refractivity (Wildman–Crippen MR) is 72.9 cm³/mol. The Bertz CT molecular complexity index is 584. The average Bonchev–Trinajstić information content (AvgIpc) is 2.81. The Labute approximate surface area is 117 Å². The summed E-state index contributed by atoms with van der Waals surface area (Å²) < 4.78 is 0.844. The summed E-state index contributed by atoms with van der Waals surface area (Å²) in [5.41, 5.74) is 0.521. The van der Waals surface area contributed by atoms with Gasteiger partial charge in [-0.3, -0.25) is 9.89 Å². The molecule has 0 saturated carbocycles. The molecule has 2 rings (SSSR count). The van der Waals surface area contributed by atoms with Crippen molar-refractivity contribution >= 4 is 39.1 Å². The van der Waals surface area contributed by atoms with Crippen molar-refractivity contribution in [3.63, 3.8) is 0 Å². The lowest BCUT2D eigenvalue weighted by Crippen LogP contribution is -2.14. The number of nitrogens with zero attached hydrogens (tertiary/aromatic N) is 2. The van der Waals surface area contributed by atoms with Crippen LogP contribution in [0.3, 0.4) is 0 Å². The molecule has 0 spiro atoms. The number of benzene rings is 1. The Morgan fingerprint density at radius 3 is 2.94 bits per heavy atom. The van der Waals surface area contributed by atoms with Gasteiger partial charge < -0.3 is 5.32 Å². The molecular formula is C11H10BrClN4O. The van der Waals surface area contributed by atoms with Crippen molar-refractivity contribution < 1.29 is 4.79 Å². The van der Waals surface area contributed by atoms with E-state index in [2.05, 4.69) is 36.4 Å². The van der Waals surface area contributed by atoms with Gasteiger partial charge in [-0.05, 0) is 18.2 Å². The number of nitrogens with one attached hydrogen (secondary N) is 2. The number of aromatic nitrogens is 3. The smallest absolute Gasteiger partial charge is 0.295 e. The third-order valence-electron chi connectivity index (χ3n) is 2.25. The summed E-state index contributed by atoms with van der Waals surface area (Å²) in [4.78, 5) is 15.9. The molecule has 0 unspecified atom stereocenters. The Kier molecular flexibility index (Phi) is 3.98. The van der Waals surface area contributed by atoms with Crippen LogP contribution in [0.2, 0.25) is 5.02 Å². The summed E-state index contributed by atoms with van der Waals surface area (Å²) >= 11 is 9.29. The van der Waals surface area contributed by atoms with Crippen molar-refractivity contribution in [2.45, 2.75) is 13.3 Å². The van der Waals surface area contributed by atoms with Gasteiger partial charge >= 0.3 is 0 Å². The summed E-state index contributed by atoms with van der Waals surface area (Å²) in [6.07, 6.45) is 0.694. The quantitative estimate of drug-likeness (QED) is 0.909. The van der Waals surface area contributed by atoms with Crippen LogP contribution in [0, 0.1) is 0 Å². The van der Waals surface area contributed by atoms with Gasteiger partial charge in [-0.1, -0.05) is 34.5 Å². The highest BCUT2D eigenvalue weighted by atomic mass is 79.9. The van der Waals surface area contributed by atoms with Gasteiger partial charge in [0, 0.05) is 10.9 Å². The number of hydrogen-bond donors (Lipinski definition) is 2. The zero-order valence-corrected chi connectivity index (χ0v) is 11.8. The number of aromatic amines is 1. The van der Waals surface area contributed by atoms with E-state index in [-0.39, 0.29) is 5.82 Å². The van der Waals surface area contributed by atoms with Crippen LogP contribution < -0.4 is 5.32 Å². The monoisotopic (exact) mass is 328 g/mol. The number of anilines is 1. The molecule has 1 aromatic carbocycles. The second-order valence-electron chi connectivity index (χ2n) is 3.54. The number of amides is 1.